The van der Waals surface area contributed by atoms with Gasteiger partial charge in [0, 0.05) is 36.8 Å². The van der Waals surface area contributed by atoms with Gasteiger partial charge in [0.1, 0.15) is 0 Å². The van der Waals surface area contributed by atoms with Gasteiger partial charge in [-0.2, -0.15) is 0 Å². The first-order valence-corrected chi connectivity index (χ1v) is 8.73. The maximum Gasteiger partial charge on any atom is 0.244 e. The zero-order valence-corrected chi connectivity index (χ0v) is 15.8. The Kier molecular flexibility index (Phi) is 6.36. The number of benzene rings is 1. The van der Waals surface area contributed by atoms with Crippen LogP contribution in [-0.4, -0.2) is 30.1 Å². The summed E-state index contributed by atoms with van der Waals surface area (Å²) in [6.07, 6.45) is 8.39. The minimum atomic E-state index is -0.195. The largest absolute Gasteiger partial charge is 0.493 e. The highest BCUT2D eigenvalue weighted by molar-refractivity contribution is 5.91. The van der Waals surface area contributed by atoms with E-state index in [9.17, 15) is 4.79 Å². The number of hydrogen-bond donors (Lipinski definition) is 1. The van der Waals surface area contributed by atoms with Gasteiger partial charge in [-0.15, -0.1) is 0 Å². The number of pyridine rings is 2. The first-order valence-electron chi connectivity index (χ1n) is 8.73. The molecular formula is C22H21N3O3. The van der Waals surface area contributed by atoms with Crippen LogP contribution in [0.5, 0.6) is 11.5 Å². The van der Waals surface area contributed by atoms with Crippen LogP contribution in [0.15, 0.2) is 67.1 Å². The van der Waals surface area contributed by atoms with Gasteiger partial charge >= 0.3 is 0 Å². The second-order valence-corrected chi connectivity index (χ2v) is 5.91. The lowest BCUT2D eigenvalue weighted by Crippen LogP contribution is -2.20. The molecule has 0 atom stereocenters. The number of ether oxygens (including phenoxy) is 2. The lowest BCUT2D eigenvalue weighted by atomic mass is 10.1. The number of nitrogens with zero attached hydrogens (tertiary/aromatic N) is 2. The highest BCUT2D eigenvalue weighted by atomic mass is 16.5. The molecule has 0 aliphatic rings. The Morgan fingerprint density at radius 3 is 2.57 bits per heavy atom. The Morgan fingerprint density at radius 2 is 1.82 bits per heavy atom. The van der Waals surface area contributed by atoms with E-state index in [0.29, 0.717) is 18.0 Å². The fraction of sp³-hybridized carbons (Fsp3) is 0.136. The van der Waals surface area contributed by atoms with Gasteiger partial charge in [-0.1, -0.05) is 12.1 Å². The quantitative estimate of drug-likeness (QED) is 0.640. The summed E-state index contributed by atoms with van der Waals surface area (Å²) in [7, 11) is 3.16. The smallest absolute Gasteiger partial charge is 0.244 e. The van der Waals surface area contributed by atoms with Crippen molar-refractivity contribution in [3.63, 3.8) is 0 Å². The molecule has 0 aliphatic carbocycles. The molecule has 1 aromatic carbocycles. The number of hydrogen-bond acceptors (Lipinski definition) is 5. The molecule has 0 saturated heterocycles. The number of aromatic nitrogens is 2. The van der Waals surface area contributed by atoms with Crippen LogP contribution in [0.3, 0.4) is 0 Å². The third-order valence-electron chi connectivity index (χ3n) is 4.13. The average Bonchev–Trinajstić information content (AvgIpc) is 2.76. The van der Waals surface area contributed by atoms with Gasteiger partial charge in [-0.3, -0.25) is 14.8 Å². The van der Waals surface area contributed by atoms with Crippen LogP contribution in [0.1, 0.15) is 11.1 Å². The summed E-state index contributed by atoms with van der Waals surface area (Å²) < 4.78 is 10.5. The zero-order valence-electron chi connectivity index (χ0n) is 15.8. The monoisotopic (exact) mass is 375 g/mol. The molecule has 1 N–H and O–H groups in total. The number of carbonyl (C=O) groups is 1. The molecule has 0 saturated carbocycles. The standard InChI is InChI=1S/C22H21N3O3/c1-27-19-7-5-16(14-20(19)28-2)6-8-21(26)25-15-18-4-3-11-24-22(18)17-9-12-23-13-10-17/h3-14H,15H2,1-2H3,(H,25,26). The van der Waals surface area contributed by atoms with Crippen molar-refractivity contribution in [2.24, 2.45) is 0 Å². The molecule has 3 rings (SSSR count). The molecule has 0 unspecified atom stereocenters. The summed E-state index contributed by atoms with van der Waals surface area (Å²) in [6.45, 7) is 0.376. The predicted molar refractivity (Wildman–Crippen MR) is 108 cm³/mol. The molecule has 2 heterocycles. The second kappa shape index (κ2) is 9.32. The Labute approximate surface area is 163 Å². The third kappa shape index (κ3) is 4.73. The molecule has 0 fully saturated rings. The summed E-state index contributed by atoms with van der Waals surface area (Å²) in [6, 6.07) is 13.0. The molecule has 28 heavy (non-hydrogen) atoms. The third-order valence-corrected chi connectivity index (χ3v) is 4.13. The van der Waals surface area contributed by atoms with Gasteiger partial charge in [-0.05, 0) is 47.5 Å². The van der Waals surface area contributed by atoms with Crippen molar-refractivity contribution in [3.8, 4) is 22.8 Å². The minimum Gasteiger partial charge on any atom is -0.493 e. The van der Waals surface area contributed by atoms with E-state index in [-0.39, 0.29) is 5.91 Å². The first-order chi connectivity index (χ1) is 13.7. The van der Waals surface area contributed by atoms with E-state index in [2.05, 4.69) is 15.3 Å². The van der Waals surface area contributed by atoms with Crippen LogP contribution < -0.4 is 14.8 Å². The van der Waals surface area contributed by atoms with Crippen molar-refractivity contribution in [1.82, 2.24) is 15.3 Å². The predicted octanol–water partition coefficient (Wildman–Crippen LogP) is 3.49. The van der Waals surface area contributed by atoms with E-state index in [0.717, 1.165) is 22.4 Å². The van der Waals surface area contributed by atoms with Gasteiger partial charge < -0.3 is 14.8 Å². The van der Waals surface area contributed by atoms with Crippen LogP contribution in [0.25, 0.3) is 17.3 Å². The van der Waals surface area contributed by atoms with E-state index in [1.807, 2.05) is 36.4 Å². The van der Waals surface area contributed by atoms with Crippen LogP contribution in [-0.2, 0) is 11.3 Å². The van der Waals surface area contributed by atoms with Gasteiger partial charge in [0.25, 0.3) is 0 Å². The lowest BCUT2D eigenvalue weighted by molar-refractivity contribution is -0.116. The number of rotatable bonds is 7. The fourth-order valence-electron chi connectivity index (χ4n) is 2.72. The number of carbonyl (C=O) groups excluding carboxylic acids is 1. The molecule has 6 heteroatoms. The Hall–Kier alpha value is -3.67. The number of nitrogens with one attached hydrogen (secondary N) is 1. The van der Waals surface area contributed by atoms with Crippen LogP contribution in [0.4, 0.5) is 0 Å². The fourth-order valence-corrected chi connectivity index (χ4v) is 2.72. The molecule has 0 radical (unpaired) electrons. The number of methoxy groups -OCH3 is 2. The SMILES string of the molecule is COc1ccc(C=CC(=O)NCc2cccnc2-c2ccncc2)cc1OC. The van der Waals surface area contributed by atoms with Gasteiger partial charge in [-0.25, -0.2) is 0 Å². The molecule has 142 valence electrons. The molecule has 0 aliphatic heterocycles. The maximum absolute atomic E-state index is 12.2. The molecule has 3 aromatic rings. The summed E-state index contributed by atoms with van der Waals surface area (Å²) in [5.41, 5.74) is 3.56. The van der Waals surface area contributed by atoms with E-state index in [1.165, 1.54) is 6.08 Å². The highest BCUT2D eigenvalue weighted by Crippen LogP contribution is 2.28. The summed E-state index contributed by atoms with van der Waals surface area (Å²) >= 11 is 0. The average molecular weight is 375 g/mol. The van der Waals surface area contributed by atoms with Crippen LogP contribution in [0, 0.1) is 0 Å². The van der Waals surface area contributed by atoms with Crippen molar-refractivity contribution >= 4 is 12.0 Å². The van der Waals surface area contributed by atoms with Gasteiger partial charge in [0.2, 0.25) is 5.91 Å². The van der Waals surface area contributed by atoms with Gasteiger partial charge in [0.05, 0.1) is 19.9 Å². The van der Waals surface area contributed by atoms with E-state index in [1.54, 1.807) is 45.0 Å². The van der Waals surface area contributed by atoms with E-state index >= 15 is 0 Å². The topological polar surface area (TPSA) is 73.3 Å². The summed E-state index contributed by atoms with van der Waals surface area (Å²) in [5.74, 6) is 1.06. The second-order valence-electron chi connectivity index (χ2n) is 5.91. The molecule has 1 amide bonds. The van der Waals surface area contributed by atoms with E-state index in [4.69, 9.17) is 9.47 Å². The van der Waals surface area contributed by atoms with E-state index < -0.39 is 0 Å². The summed E-state index contributed by atoms with van der Waals surface area (Å²) in [4.78, 5) is 20.7. The zero-order chi connectivity index (χ0) is 19.8. The normalized spacial score (nSPS) is 10.6. The molecule has 0 spiro atoms. The Balaban J connectivity index is 1.66. The Bertz CT molecular complexity index is 972. The minimum absolute atomic E-state index is 0.195. The number of amides is 1. The van der Waals surface area contributed by atoms with Crippen molar-refractivity contribution in [1.29, 1.82) is 0 Å². The van der Waals surface area contributed by atoms with Crippen LogP contribution >= 0.6 is 0 Å². The lowest BCUT2D eigenvalue weighted by Gasteiger charge is -2.09. The van der Waals surface area contributed by atoms with Crippen molar-refractivity contribution in [2.45, 2.75) is 6.54 Å². The van der Waals surface area contributed by atoms with Crippen molar-refractivity contribution < 1.29 is 14.3 Å². The van der Waals surface area contributed by atoms with Gasteiger partial charge in [0.15, 0.2) is 11.5 Å². The molecule has 0 bridgehead atoms. The Morgan fingerprint density at radius 1 is 1.04 bits per heavy atom. The summed E-state index contributed by atoms with van der Waals surface area (Å²) in [5, 5.41) is 2.89. The molecular weight excluding hydrogens is 354 g/mol. The maximum atomic E-state index is 12.2. The van der Waals surface area contributed by atoms with Crippen molar-refractivity contribution in [3.05, 3.63) is 78.3 Å². The molecule has 6 nitrogen and oxygen atoms in total. The molecule has 2 aromatic heterocycles. The highest BCUT2D eigenvalue weighted by Gasteiger charge is 2.07. The van der Waals surface area contributed by atoms with Crippen LogP contribution in [0.2, 0.25) is 0 Å². The van der Waals surface area contributed by atoms with Crippen molar-refractivity contribution in [2.75, 3.05) is 14.2 Å². The first kappa shape index (κ1) is 19.1.